The molecule has 0 aliphatic rings. The van der Waals surface area contributed by atoms with Crippen molar-refractivity contribution in [2.75, 3.05) is 5.32 Å². The van der Waals surface area contributed by atoms with Gasteiger partial charge in [0.15, 0.2) is 5.82 Å². The lowest BCUT2D eigenvalue weighted by Gasteiger charge is -2.07. The van der Waals surface area contributed by atoms with Crippen molar-refractivity contribution in [1.29, 1.82) is 0 Å². The average molecular weight is 243 g/mol. The summed E-state index contributed by atoms with van der Waals surface area (Å²) in [6.07, 6.45) is 3.34. The van der Waals surface area contributed by atoms with Gasteiger partial charge in [0.25, 0.3) is 5.56 Å². The van der Waals surface area contributed by atoms with Crippen molar-refractivity contribution in [2.45, 2.75) is 26.9 Å². The minimum Gasteiger partial charge on any atom is -0.361 e. The zero-order valence-electron chi connectivity index (χ0n) is 10.7. The quantitative estimate of drug-likeness (QED) is 0.895. The van der Waals surface area contributed by atoms with Crippen LogP contribution >= 0.6 is 0 Å². The van der Waals surface area contributed by atoms with E-state index in [1.54, 1.807) is 17.0 Å². The Hall–Kier alpha value is -2.10. The van der Waals surface area contributed by atoms with Gasteiger partial charge in [-0.15, -0.1) is 0 Å². The van der Waals surface area contributed by atoms with Crippen molar-refractivity contribution < 1.29 is 0 Å². The van der Waals surface area contributed by atoms with Crippen molar-refractivity contribution in [1.82, 2.24) is 9.55 Å². The zero-order valence-corrected chi connectivity index (χ0v) is 10.7. The number of hydrogen-bond acceptors (Lipinski definition) is 3. The molecular formula is C14H17N3O. The summed E-state index contributed by atoms with van der Waals surface area (Å²) in [5.74, 6) is 0.403. The Kier molecular flexibility index (Phi) is 3.77. The molecule has 94 valence electrons. The summed E-state index contributed by atoms with van der Waals surface area (Å²) < 4.78 is 1.63. The van der Waals surface area contributed by atoms with Crippen molar-refractivity contribution in [3.8, 4) is 0 Å². The number of nitrogens with one attached hydrogen (secondary N) is 1. The summed E-state index contributed by atoms with van der Waals surface area (Å²) >= 11 is 0. The third kappa shape index (κ3) is 2.77. The SMILES string of the molecule is CCn1ccnc(NCc2ccc(C)cc2)c1=O. The standard InChI is InChI=1S/C14H17N3O/c1-3-17-9-8-15-13(14(17)18)16-10-12-6-4-11(2)5-7-12/h4-9H,3,10H2,1-2H3,(H,15,16). The van der Waals surface area contributed by atoms with Crippen LogP contribution in [-0.4, -0.2) is 9.55 Å². The van der Waals surface area contributed by atoms with Crippen LogP contribution < -0.4 is 10.9 Å². The largest absolute Gasteiger partial charge is 0.361 e. The van der Waals surface area contributed by atoms with Gasteiger partial charge in [-0.25, -0.2) is 4.98 Å². The first-order valence-corrected chi connectivity index (χ1v) is 6.05. The van der Waals surface area contributed by atoms with Crippen LogP contribution in [0.1, 0.15) is 18.1 Å². The number of hydrogen-bond donors (Lipinski definition) is 1. The van der Waals surface area contributed by atoms with E-state index in [2.05, 4.69) is 29.4 Å². The highest BCUT2D eigenvalue weighted by molar-refractivity contribution is 5.33. The maximum atomic E-state index is 11.9. The van der Waals surface area contributed by atoms with Crippen LogP contribution in [0.25, 0.3) is 0 Å². The minimum atomic E-state index is -0.0767. The average Bonchev–Trinajstić information content (AvgIpc) is 2.39. The van der Waals surface area contributed by atoms with Crippen molar-refractivity contribution in [2.24, 2.45) is 0 Å². The van der Waals surface area contributed by atoms with Crippen LogP contribution in [0.3, 0.4) is 0 Å². The van der Waals surface area contributed by atoms with Gasteiger partial charge in [-0.05, 0) is 19.4 Å². The molecule has 0 amide bonds. The molecule has 0 radical (unpaired) electrons. The number of aryl methyl sites for hydroxylation is 2. The van der Waals surface area contributed by atoms with E-state index in [9.17, 15) is 4.79 Å². The predicted octanol–water partition coefficient (Wildman–Crippen LogP) is 2.18. The molecule has 1 aromatic carbocycles. The van der Waals surface area contributed by atoms with Gasteiger partial charge < -0.3 is 9.88 Å². The highest BCUT2D eigenvalue weighted by Crippen LogP contribution is 2.04. The van der Waals surface area contributed by atoms with Gasteiger partial charge in [0.1, 0.15) is 0 Å². The summed E-state index contributed by atoms with van der Waals surface area (Å²) in [5, 5.41) is 3.08. The molecule has 1 heterocycles. The predicted molar refractivity (Wildman–Crippen MR) is 72.7 cm³/mol. The monoisotopic (exact) mass is 243 g/mol. The zero-order chi connectivity index (χ0) is 13.0. The fraction of sp³-hybridized carbons (Fsp3) is 0.286. The third-order valence-electron chi connectivity index (χ3n) is 2.83. The van der Waals surface area contributed by atoms with Crippen LogP contribution in [-0.2, 0) is 13.1 Å². The van der Waals surface area contributed by atoms with Crippen molar-refractivity contribution >= 4 is 5.82 Å². The van der Waals surface area contributed by atoms with Crippen LogP contribution in [0.2, 0.25) is 0 Å². The Labute approximate surface area is 106 Å². The van der Waals surface area contributed by atoms with E-state index in [1.165, 1.54) is 5.56 Å². The summed E-state index contributed by atoms with van der Waals surface area (Å²) in [6.45, 7) is 5.25. The van der Waals surface area contributed by atoms with Gasteiger partial charge in [0, 0.05) is 25.5 Å². The van der Waals surface area contributed by atoms with Crippen LogP contribution in [0.15, 0.2) is 41.5 Å². The smallest absolute Gasteiger partial charge is 0.293 e. The number of nitrogens with zero attached hydrogens (tertiary/aromatic N) is 2. The third-order valence-corrected chi connectivity index (χ3v) is 2.83. The topological polar surface area (TPSA) is 46.9 Å². The van der Waals surface area contributed by atoms with E-state index in [0.29, 0.717) is 18.9 Å². The molecule has 0 bridgehead atoms. The Morgan fingerprint density at radius 2 is 2.00 bits per heavy atom. The Morgan fingerprint density at radius 3 is 2.67 bits per heavy atom. The van der Waals surface area contributed by atoms with Gasteiger partial charge in [0.2, 0.25) is 0 Å². The summed E-state index contributed by atoms with van der Waals surface area (Å²) in [4.78, 5) is 16.0. The molecule has 4 heteroatoms. The molecule has 0 saturated heterocycles. The van der Waals surface area contributed by atoms with Gasteiger partial charge >= 0.3 is 0 Å². The first-order valence-electron chi connectivity index (χ1n) is 6.05. The maximum Gasteiger partial charge on any atom is 0.293 e. The van der Waals surface area contributed by atoms with Crippen LogP contribution in [0.5, 0.6) is 0 Å². The molecule has 0 atom stereocenters. The molecule has 4 nitrogen and oxygen atoms in total. The Morgan fingerprint density at radius 1 is 1.28 bits per heavy atom. The van der Waals surface area contributed by atoms with E-state index < -0.39 is 0 Å². The maximum absolute atomic E-state index is 11.9. The molecule has 0 fully saturated rings. The first kappa shape index (κ1) is 12.4. The van der Waals surface area contributed by atoms with E-state index in [-0.39, 0.29) is 5.56 Å². The van der Waals surface area contributed by atoms with E-state index >= 15 is 0 Å². The van der Waals surface area contributed by atoms with E-state index in [0.717, 1.165) is 5.56 Å². The molecule has 18 heavy (non-hydrogen) atoms. The number of rotatable bonds is 4. The van der Waals surface area contributed by atoms with Crippen molar-refractivity contribution in [3.63, 3.8) is 0 Å². The molecule has 0 saturated carbocycles. The summed E-state index contributed by atoms with van der Waals surface area (Å²) in [7, 11) is 0. The number of anilines is 1. The minimum absolute atomic E-state index is 0.0767. The lowest BCUT2D eigenvalue weighted by atomic mass is 10.1. The van der Waals surface area contributed by atoms with Gasteiger partial charge in [0.05, 0.1) is 0 Å². The number of aromatic nitrogens is 2. The fourth-order valence-electron chi connectivity index (χ4n) is 1.71. The molecule has 1 aromatic heterocycles. The fourth-order valence-corrected chi connectivity index (χ4v) is 1.71. The summed E-state index contributed by atoms with van der Waals surface area (Å²) in [6, 6.07) is 8.20. The second kappa shape index (κ2) is 5.49. The molecule has 0 unspecified atom stereocenters. The normalized spacial score (nSPS) is 10.3. The molecule has 0 aliphatic heterocycles. The molecule has 1 N–H and O–H groups in total. The summed E-state index contributed by atoms with van der Waals surface area (Å²) in [5.41, 5.74) is 2.28. The van der Waals surface area contributed by atoms with Crippen LogP contribution in [0.4, 0.5) is 5.82 Å². The lowest BCUT2D eigenvalue weighted by molar-refractivity contribution is 0.718. The molecule has 0 aliphatic carbocycles. The molecular weight excluding hydrogens is 226 g/mol. The molecule has 0 spiro atoms. The highest BCUT2D eigenvalue weighted by Gasteiger charge is 2.02. The van der Waals surface area contributed by atoms with Crippen LogP contribution in [0, 0.1) is 6.92 Å². The second-order valence-corrected chi connectivity index (χ2v) is 4.21. The molecule has 2 rings (SSSR count). The Balaban J connectivity index is 2.11. The van der Waals surface area contributed by atoms with E-state index in [4.69, 9.17) is 0 Å². The molecule has 2 aromatic rings. The Bertz CT molecular complexity index is 572. The van der Waals surface area contributed by atoms with E-state index in [1.807, 2.05) is 19.1 Å². The first-order chi connectivity index (χ1) is 8.70. The van der Waals surface area contributed by atoms with Gasteiger partial charge in [-0.1, -0.05) is 29.8 Å². The lowest BCUT2D eigenvalue weighted by Crippen LogP contribution is -2.23. The highest BCUT2D eigenvalue weighted by atomic mass is 16.1. The second-order valence-electron chi connectivity index (χ2n) is 4.21. The van der Waals surface area contributed by atoms with Gasteiger partial charge in [-0.3, -0.25) is 4.79 Å². The number of benzene rings is 1. The van der Waals surface area contributed by atoms with Gasteiger partial charge in [-0.2, -0.15) is 0 Å². The van der Waals surface area contributed by atoms with Crippen molar-refractivity contribution in [3.05, 3.63) is 58.1 Å².